The van der Waals surface area contributed by atoms with Gasteiger partial charge in [-0.05, 0) is 51.1 Å². The molecule has 1 saturated heterocycles. The Kier molecular flexibility index (Phi) is 6.67. The normalized spacial score (nSPS) is 20.6. The highest BCUT2D eigenvalue weighted by molar-refractivity contribution is 6.32. The Balaban J connectivity index is 2.12. The summed E-state index contributed by atoms with van der Waals surface area (Å²) in [5.41, 5.74) is 0.520. The predicted molar refractivity (Wildman–Crippen MR) is 96.4 cm³/mol. The molecule has 0 saturated carbocycles. The first-order chi connectivity index (χ1) is 11.8. The lowest BCUT2D eigenvalue weighted by molar-refractivity contribution is -0.137. The van der Waals surface area contributed by atoms with Crippen LogP contribution in [0.5, 0.6) is 5.75 Å². The minimum absolute atomic E-state index is 0.0814. The quantitative estimate of drug-likeness (QED) is 0.835. The number of amides is 1. The fourth-order valence-corrected chi connectivity index (χ4v) is 3.72. The Morgan fingerprint density at radius 3 is 2.68 bits per heavy atom. The van der Waals surface area contributed by atoms with E-state index in [2.05, 4.69) is 4.90 Å². The maximum absolute atomic E-state index is 12.8. The average Bonchev–Trinajstić information content (AvgIpc) is 2.58. The van der Waals surface area contributed by atoms with E-state index in [-0.39, 0.29) is 24.3 Å². The fourth-order valence-electron chi connectivity index (χ4n) is 3.46. The number of methoxy groups -OCH3 is 1. The van der Waals surface area contributed by atoms with Crippen molar-refractivity contribution in [3.63, 3.8) is 0 Å². The summed E-state index contributed by atoms with van der Waals surface area (Å²) < 4.78 is 5.12. The Morgan fingerprint density at radius 1 is 1.40 bits per heavy atom. The molecule has 1 aromatic carbocycles. The molecule has 1 aliphatic rings. The van der Waals surface area contributed by atoms with E-state index >= 15 is 0 Å². The van der Waals surface area contributed by atoms with Crippen LogP contribution in [0.4, 0.5) is 0 Å². The van der Waals surface area contributed by atoms with Crippen molar-refractivity contribution in [3.05, 3.63) is 28.8 Å². The second-order valence-corrected chi connectivity index (χ2v) is 7.02. The molecule has 2 rings (SSSR count). The highest BCUT2D eigenvalue weighted by Crippen LogP contribution is 2.28. The van der Waals surface area contributed by atoms with E-state index in [1.54, 1.807) is 23.1 Å². The zero-order chi connectivity index (χ0) is 18.6. The summed E-state index contributed by atoms with van der Waals surface area (Å²) in [5.74, 6) is -0.216. The molecule has 1 aromatic rings. The third-order valence-corrected chi connectivity index (χ3v) is 5.07. The molecule has 1 N–H and O–H groups in total. The van der Waals surface area contributed by atoms with Gasteiger partial charge in [-0.25, -0.2) is 0 Å². The van der Waals surface area contributed by atoms with Crippen molar-refractivity contribution in [2.45, 2.75) is 25.3 Å². The largest absolute Gasteiger partial charge is 0.495 e. The van der Waals surface area contributed by atoms with E-state index in [4.69, 9.17) is 21.4 Å². The lowest BCUT2D eigenvalue weighted by Crippen LogP contribution is -2.50. The number of aliphatic carboxylic acids is 1. The van der Waals surface area contributed by atoms with Gasteiger partial charge < -0.3 is 19.6 Å². The first-order valence-electron chi connectivity index (χ1n) is 8.34. The number of benzene rings is 1. The van der Waals surface area contributed by atoms with Gasteiger partial charge in [-0.15, -0.1) is 0 Å². The first kappa shape index (κ1) is 19.5. The molecule has 7 heteroatoms. The van der Waals surface area contributed by atoms with Crippen LogP contribution in [0.2, 0.25) is 5.02 Å². The molecule has 0 aromatic heterocycles. The van der Waals surface area contributed by atoms with Crippen molar-refractivity contribution >= 4 is 23.5 Å². The van der Waals surface area contributed by atoms with Crippen LogP contribution in [-0.4, -0.2) is 67.1 Å². The topological polar surface area (TPSA) is 70.1 Å². The molecule has 1 heterocycles. The highest BCUT2D eigenvalue weighted by atomic mass is 35.5. The number of carbonyl (C=O) groups is 2. The molecule has 6 nitrogen and oxygen atoms in total. The summed E-state index contributed by atoms with van der Waals surface area (Å²) in [4.78, 5) is 27.7. The Hall–Kier alpha value is -1.79. The summed E-state index contributed by atoms with van der Waals surface area (Å²) in [6.07, 6.45) is 1.50. The number of ether oxygens (including phenoxy) is 1. The van der Waals surface area contributed by atoms with E-state index in [1.807, 2.05) is 14.1 Å². The lowest BCUT2D eigenvalue weighted by atomic mass is 9.87. The third kappa shape index (κ3) is 4.86. The maximum Gasteiger partial charge on any atom is 0.303 e. The number of nitrogens with zero attached hydrogens (tertiary/aromatic N) is 2. The first-order valence-corrected chi connectivity index (χ1v) is 8.72. The van der Waals surface area contributed by atoms with Crippen LogP contribution in [-0.2, 0) is 4.79 Å². The van der Waals surface area contributed by atoms with Gasteiger partial charge in [-0.3, -0.25) is 9.59 Å². The van der Waals surface area contributed by atoms with Crippen molar-refractivity contribution in [1.82, 2.24) is 9.80 Å². The number of carboxylic acids is 1. The lowest BCUT2D eigenvalue weighted by Gasteiger charge is -2.41. The van der Waals surface area contributed by atoms with Crippen LogP contribution in [0.1, 0.15) is 29.6 Å². The number of hydrogen-bond donors (Lipinski definition) is 1. The Labute approximate surface area is 153 Å². The molecule has 0 radical (unpaired) electrons. The average molecular weight is 369 g/mol. The Morgan fingerprint density at radius 2 is 2.12 bits per heavy atom. The summed E-state index contributed by atoms with van der Waals surface area (Å²) in [7, 11) is 5.53. The second kappa shape index (κ2) is 8.54. The smallest absolute Gasteiger partial charge is 0.303 e. The zero-order valence-corrected chi connectivity index (χ0v) is 15.6. The van der Waals surface area contributed by atoms with Crippen LogP contribution in [0.25, 0.3) is 0 Å². The van der Waals surface area contributed by atoms with Crippen molar-refractivity contribution in [1.29, 1.82) is 0 Å². The number of rotatable bonds is 6. The van der Waals surface area contributed by atoms with Gasteiger partial charge in [0, 0.05) is 31.1 Å². The van der Waals surface area contributed by atoms with Gasteiger partial charge >= 0.3 is 5.97 Å². The van der Waals surface area contributed by atoms with E-state index < -0.39 is 5.97 Å². The van der Waals surface area contributed by atoms with E-state index in [9.17, 15) is 9.59 Å². The van der Waals surface area contributed by atoms with Crippen molar-refractivity contribution in [2.75, 3.05) is 34.3 Å². The molecule has 1 amide bonds. The van der Waals surface area contributed by atoms with Gasteiger partial charge in [-0.2, -0.15) is 0 Å². The molecule has 0 bridgehead atoms. The highest BCUT2D eigenvalue weighted by Gasteiger charge is 2.33. The molecule has 138 valence electrons. The summed E-state index contributed by atoms with van der Waals surface area (Å²) in [6, 6.07) is 5.29. The molecule has 2 atom stereocenters. The van der Waals surface area contributed by atoms with E-state index in [1.165, 1.54) is 7.11 Å². The van der Waals surface area contributed by atoms with Crippen molar-refractivity contribution in [3.8, 4) is 5.75 Å². The fraction of sp³-hybridized carbons (Fsp3) is 0.556. The van der Waals surface area contributed by atoms with E-state index in [0.29, 0.717) is 35.8 Å². The summed E-state index contributed by atoms with van der Waals surface area (Å²) in [6.45, 7) is 1.20. The third-order valence-electron chi connectivity index (χ3n) is 4.77. The number of likely N-dealkylation sites (tertiary alicyclic amines) is 1. The van der Waals surface area contributed by atoms with Crippen LogP contribution in [0.3, 0.4) is 0 Å². The zero-order valence-electron chi connectivity index (χ0n) is 14.9. The van der Waals surface area contributed by atoms with E-state index in [0.717, 1.165) is 6.42 Å². The molecule has 0 spiro atoms. The number of hydrogen-bond acceptors (Lipinski definition) is 4. The van der Waals surface area contributed by atoms with Gasteiger partial charge in [0.05, 0.1) is 12.1 Å². The number of carboxylic acid groups (broad SMARTS) is 1. The molecular formula is C18H25ClN2O4. The van der Waals surface area contributed by atoms with Gasteiger partial charge in [-0.1, -0.05) is 11.6 Å². The van der Waals surface area contributed by atoms with Crippen molar-refractivity contribution < 1.29 is 19.4 Å². The van der Waals surface area contributed by atoms with Gasteiger partial charge in [0.1, 0.15) is 5.75 Å². The second-order valence-electron chi connectivity index (χ2n) is 6.61. The summed E-state index contributed by atoms with van der Waals surface area (Å²) in [5, 5.41) is 9.38. The number of carbonyl (C=O) groups excluding carboxylic acids is 1. The van der Waals surface area contributed by atoms with Gasteiger partial charge in [0.15, 0.2) is 0 Å². The Bertz CT molecular complexity index is 636. The van der Waals surface area contributed by atoms with Crippen LogP contribution in [0, 0.1) is 5.92 Å². The minimum atomic E-state index is -0.803. The standard InChI is InChI=1S/C18H25ClN2O4/c1-20(2)15-8-9-21(11-13(15)5-7-17(22)23)18(24)12-4-6-16(25-3)14(19)10-12/h4,6,10,13,15H,5,7-9,11H2,1-3H3,(H,22,23)/t13-,15+/m0/s1. The molecule has 1 aliphatic heterocycles. The maximum atomic E-state index is 12.8. The number of halogens is 1. The van der Waals surface area contributed by atoms with Gasteiger partial charge in [0.2, 0.25) is 0 Å². The van der Waals surface area contributed by atoms with Gasteiger partial charge in [0.25, 0.3) is 5.91 Å². The molecule has 0 unspecified atom stereocenters. The SMILES string of the molecule is COc1ccc(C(=O)N2CC[C@@H](N(C)C)[C@@H](CCC(=O)O)C2)cc1Cl. The van der Waals surface area contributed by atoms with Crippen LogP contribution >= 0.6 is 11.6 Å². The van der Waals surface area contributed by atoms with Crippen LogP contribution in [0.15, 0.2) is 18.2 Å². The predicted octanol–water partition coefficient (Wildman–Crippen LogP) is 2.61. The molecular weight excluding hydrogens is 344 g/mol. The number of piperidine rings is 1. The minimum Gasteiger partial charge on any atom is -0.495 e. The van der Waals surface area contributed by atoms with Crippen LogP contribution < -0.4 is 4.74 Å². The monoisotopic (exact) mass is 368 g/mol. The van der Waals surface area contributed by atoms with Crippen molar-refractivity contribution in [2.24, 2.45) is 5.92 Å². The summed E-state index contributed by atoms with van der Waals surface area (Å²) >= 11 is 6.12. The molecule has 1 fully saturated rings. The molecule has 0 aliphatic carbocycles. The molecule has 25 heavy (non-hydrogen) atoms.